The minimum Gasteiger partial charge on any atom is -0.389 e. The Labute approximate surface area is 172 Å². The molecule has 1 aliphatic carbocycles. The highest BCUT2D eigenvalue weighted by molar-refractivity contribution is 5.56. The van der Waals surface area contributed by atoms with Crippen LogP contribution >= 0.6 is 0 Å². The highest BCUT2D eigenvalue weighted by atomic mass is 16.3. The molecule has 2 aromatic heterocycles. The van der Waals surface area contributed by atoms with Gasteiger partial charge in [0, 0.05) is 63.3 Å². The Hall–Kier alpha value is -2.09. The lowest BCUT2D eigenvalue weighted by Gasteiger charge is -2.41. The molecule has 2 fully saturated rings. The summed E-state index contributed by atoms with van der Waals surface area (Å²) in [5, 5.41) is 15.3. The van der Waals surface area contributed by atoms with Gasteiger partial charge in [-0.05, 0) is 31.0 Å². The molecule has 1 N–H and O–H groups in total. The molecule has 29 heavy (non-hydrogen) atoms. The lowest BCUT2D eigenvalue weighted by atomic mass is 9.84. The number of hydrogen-bond donors (Lipinski definition) is 1. The van der Waals surface area contributed by atoms with Crippen LogP contribution in [0.3, 0.4) is 0 Å². The van der Waals surface area contributed by atoms with E-state index in [0.29, 0.717) is 6.54 Å². The van der Waals surface area contributed by atoms with Gasteiger partial charge in [-0.2, -0.15) is 5.10 Å². The van der Waals surface area contributed by atoms with Crippen molar-refractivity contribution >= 4 is 0 Å². The predicted octanol–water partition coefficient (Wildman–Crippen LogP) is 1.62. The Bertz CT molecular complexity index is 840. The quantitative estimate of drug-likeness (QED) is 0.798. The number of nitrogens with zero attached hydrogens (tertiary/aromatic N) is 5. The molecule has 0 aromatic carbocycles. The molecule has 1 saturated heterocycles. The van der Waals surface area contributed by atoms with Crippen LogP contribution in [0.5, 0.6) is 0 Å². The topological polar surface area (TPSA) is 74.5 Å². The second-order valence-electron chi connectivity index (χ2n) is 8.42. The van der Waals surface area contributed by atoms with Gasteiger partial charge < -0.3 is 5.11 Å². The Morgan fingerprint density at radius 3 is 2.45 bits per heavy atom. The maximum absolute atomic E-state index is 12.2. The zero-order valence-electron chi connectivity index (χ0n) is 17.0. The van der Waals surface area contributed by atoms with Gasteiger partial charge in [0.2, 0.25) is 0 Å². The number of β-amino-alcohol motifs (C(OH)–C–C–N with tert-alkyl or cyclic N) is 1. The first-order chi connectivity index (χ1) is 14.1. The third-order valence-corrected chi connectivity index (χ3v) is 6.22. The summed E-state index contributed by atoms with van der Waals surface area (Å²) < 4.78 is 1.56. The molecule has 0 amide bonds. The highest BCUT2D eigenvalue weighted by Crippen LogP contribution is 2.29. The normalized spacial score (nSPS) is 20.6. The third kappa shape index (κ3) is 5.29. The number of aliphatic hydroxyl groups is 1. The summed E-state index contributed by atoms with van der Waals surface area (Å²) >= 11 is 0. The highest BCUT2D eigenvalue weighted by Gasteiger charge is 2.32. The summed E-state index contributed by atoms with van der Waals surface area (Å²) in [4.78, 5) is 21.1. The van der Waals surface area contributed by atoms with Crippen LogP contribution in [0.15, 0.2) is 41.5 Å². The maximum Gasteiger partial charge on any atom is 0.266 e. The number of hydrogen-bond acceptors (Lipinski definition) is 6. The molecule has 0 atom stereocenters. The van der Waals surface area contributed by atoms with Crippen molar-refractivity contribution in [3.05, 3.63) is 47.0 Å². The molecule has 1 saturated carbocycles. The Morgan fingerprint density at radius 1 is 0.966 bits per heavy atom. The molecule has 0 bridgehead atoms. The van der Waals surface area contributed by atoms with Crippen molar-refractivity contribution < 1.29 is 5.11 Å². The lowest BCUT2D eigenvalue weighted by molar-refractivity contribution is -0.0356. The van der Waals surface area contributed by atoms with Crippen molar-refractivity contribution in [2.45, 2.75) is 44.2 Å². The van der Waals surface area contributed by atoms with Crippen molar-refractivity contribution in [2.75, 3.05) is 39.3 Å². The SMILES string of the molecule is O=c1ccc(-c2cccnc2)nn1CCN1CCN(CC2(O)CCCCC2)CC1. The molecule has 0 radical (unpaired) electrons. The number of piperazine rings is 1. The lowest BCUT2D eigenvalue weighted by Crippen LogP contribution is -2.53. The van der Waals surface area contributed by atoms with Crippen LogP contribution in [0.1, 0.15) is 32.1 Å². The van der Waals surface area contributed by atoms with E-state index >= 15 is 0 Å². The fourth-order valence-corrected chi connectivity index (χ4v) is 4.47. The average Bonchev–Trinajstić information content (AvgIpc) is 2.75. The van der Waals surface area contributed by atoms with Crippen LogP contribution in [0.2, 0.25) is 0 Å². The minimum atomic E-state index is -0.482. The first-order valence-corrected chi connectivity index (χ1v) is 10.8. The van der Waals surface area contributed by atoms with Crippen LogP contribution in [0.4, 0.5) is 0 Å². The molecule has 156 valence electrons. The number of aromatic nitrogens is 3. The van der Waals surface area contributed by atoms with Gasteiger partial charge in [0.15, 0.2) is 0 Å². The van der Waals surface area contributed by atoms with E-state index in [0.717, 1.165) is 76.2 Å². The van der Waals surface area contributed by atoms with Gasteiger partial charge in [-0.25, -0.2) is 4.68 Å². The molecule has 7 nitrogen and oxygen atoms in total. The molecular formula is C22H31N5O2. The first kappa shape index (κ1) is 20.2. The molecule has 0 unspecified atom stereocenters. The van der Waals surface area contributed by atoms with Gasteiger partial charge in [0.05, 0.1) is 17.8 Å². The van der Waals surface area contributed by atoms with Gasteiger partial charge in [-0.3, -0.25) is 19.6 Å². The summed E-state index contributed by atoms with van der Waals surface area (Å²) in [6.45, 7) is 6.06. The Balaban J connectivity index is 1.29. The second kappa shape index (κ2) is 9.15. The molecular weight excluding hydrogens is 366 g/mol. The Kier molecular flexibility index (Phi) is 6.37. The van der Waals surface area contributed by atoms with E-state index in [1.54, 1.807) is 29.2 Å². The van der Waals surface area contributed by atoms with Gasteiger partial charge in [0.1, 0.15) is 0 Å². The second-order valence-corrected chi connectivity index (χ2v) is 8.42. The third-order valence-electron chi connectivity index (χ3n) is 6.22. The molecule has 4 rings (SSSR count). The fourth-order valence-electron chi connectivity index (χ4n) is 4.47. The molecule has 7 heteroatoms. The van der Waals surface area contributed by atoms with Crippen LogP contribution < -0.4 is 5.56 Å². The van der Waals surface area contributed by atoms with E-state index in [2.05, 4.69) is 19.9 Å². The van der Waals surface area contributed by atoms with E-state index in [-0.39, 0.29) is 5.56 Å². The van der Waals surface area contributed by atoms with Crippen molar-refractivity contribution in [3.63, 3.8) is 0 Å². The number of pyridine rings is 1. The zero-order valence-corrected chi connectivity index (χ0v) is 17.0. The van der Waals surface area contributed by atoms with Crippen LogP contribution in [0, 0.1) is 0 Å². The average molecular weight is 398 g/mol. The van der Waals surface area contributed by atoms with Crippen LogP contribution in [-0.2, 0) is 6.54 Å². The van der Waals surface area contributed by atoms with E-state index in [1.165, 1.54) is 6.42 Å². The van der Waals surface area contributed by atoms with E-state index < -0.39 is 5.60 Å². The maximum atomic E-state index is 12.2. The molecule has 3 heterocycles. The van der Waals surface area contributed by atoms with Gasteiger partial charge >= 0.3 is 0 Å². The number of rotatable bonds is 6. The van der Waals surface area contributed by atoms with Crippen molar-refractivity contribution in [1.29, 1.82) is 0 Å². The van der Waals surface area contributed by atoms with Gasteiger partial charge in [0.25, 0.3) is 5.56 Å². The van der Waals surface area contributed by atoms with Crippen molar-refractivity contribution in [1.82, 2.24) is 24.6 Å². The smallest absolute Gasteiger partial charge is 0.266 e. The Morgan fingerprint density at radius 2 is 1.72 bits per heavy atom. The molecule has 2 aliphatic rings. The molecule has 0 spiro atoms. The van der Waals surface area contributed by atoms with E-state index in [1.807, 2.05) is 12.1 Å². The molecule has 2 aromatic rings. The van der Waals surface area contributed by atoms with Crippen LogP contribution in [-0.4, -0.2) is 74.5 Å². The predicted molar refractivity (Wildman–Crippen MR) is 113 cm³/mol. The molecule has 1 aliphatic heterocycles. The van der Waals surface area contributed by atoms with Gasteiger partial charge in [-0.15, -0.1) is 0 Å². The summed E-state index contributed by atoms with van der Waals surface area (Å²) in [5.74, 6) is 0. The standard InChI is InChI=1S/C22H31N5O2/c28-21-7-6-20(19-5-4-10-23-17-19)24-27(21)16-15-25-11-13-26(14-12-25)18-22(29)8-2-1-3-9-22/h4-7,10,17,29H,1-3,8-9,11-16,18H2. The minimum absolute atomic E-state index is 0.0733. The summed E-state index contributed by atoms with van der Waals surface area (Å²) in [5.41, 5.74) is 1.12. The fraction of sp³-hybridized carbons (Fsp3) is 0.591. The monoisotopic (exact) mass is 397 g/mol. The summed E-state index contributed by atoms with van der Waals surface area (Å²) in [6.07, 6.45) is 8.92. The first-order valence-electron chi connectivity index (χ1n) is 10.8. The van der Waals surface area contributed by atoms with Gasteiger partial charge in [-0.1, -0.05) is 19.3 Å². The van der Waals surface area contributed by atoms with E-state index in [9.17, 15) is 9.90 Å². The largest absolute Gasteiger partial charge is 0.389 e. The van der Waals surface area contributed by atoms with E-state index in [4.69, 9.17) is 0 Å². The van der Waals surface area contributed by atoms with Crippen LogP contribution in [0.25, 0.3) is 11.3 Å². The summed E-state index contributed by atoms with van der Waals surface area (Å²) in [7, 11) is 0. The summed E-state index contributed by atoms with van der Waals surface area (Å²) in [6, 6.07) is 7.15. The zero-order chi connectivity index (χ0) is 20.1. The van der Waals surface area contributed by atoms with Crippen molar-refractivity contribution in [2.24, 2.45) is 0 Å². The van der Waals surface area contributed by atoms with Crippen molar-refractivity contribution in [3.8, 4) is 11.3 Å².